The van der Waals surface area contributed by atoms with Crippen molar-refractivity contribution >= 4 is 34.8 Å². The smallest absolute Gasteiger partial charge is 0.0418 e. The highest BCUT2D eigenvalue weighted by Gasteiger charge is 1.86. The Balaban J connectivity index is 3.29. The maximum Gasteiger partial charge on any atom is 0.0418 e. The van der Waals surface area contributed by atoms with Crippen LogP contribution in [0.5, 0.6) is 0 Å². The summed E-state index contributed by atoms with van der Waals surface area (Å²) in [5, 5.41) is 0.745. The fourth-order valence-corrected chi connectivity index (χ4v) is 1.01. The second kappa shape index (κ2) is 5.74. The molecule has 0 heterocycles. The largest absolute Gasteiger partial charge is 0.126 e. The Morgan fingerprint density at radius 1 is 1.38 bits per heavy atom. The molecule has 3 heteroatoms. The van der Waals surface area contributed by atoms with Crippen LogP contribution in [0.2, 0.25) is 0 Å². The van der Waals surface area contributed by atoms with Crippen LogP contribution in [-0.2, 0) is 0 Å². The second-order valence-corrected chi connectivity index (χ2v) is 2.42. The Labute approximate surface area is 64.4 Å². The van der Waals surface area contributed by atoms with Gasteiger partial charge in [-0.3, -0.25) is 0 Å². The SMILES string of the molecule is ClC/C=C(/Cl)CCCl. The van der Waals surface area contributed by atoms with E-state index in [2.05, 4.69) is 0 Å². The Bertz CT molecular complexity index is 77.7. The first kappa shape index (κ1) is 8.61. The first-order valence-electron chi connectivity index (χ1n) is 2.27. The van der Waals surface area contributed by atoms with Gasteiger partial charge >= 0.3 is 0 Å². The summed E-state index contributed by atoms with van der Waals surface area (Å²) in [5.74, 6) is 1.03. The van der Waals surface area contributed by atoms with Crippen molar-refractivity contribution in [3.05, 3.63) is 11.1 Å². The molecule has 0 spiro atoms. The van der Waals surface area contributed by atoms with Crippen LogP contribution >= 0.6 is 34.8 Å². The molecular weight excluding hydrogens is 166 g/mol. The maximum absolute atomic E-state index is 5.57. The minimum atomic E-state index is 0.468. The van der Waals surface area contributed by atoms with Crippen molar-refractivity contribution < 1.29 is 0 Å². The highest BCUT2D eigenvalue weighted by atomic mass is 35.5. The summed E-state index contributed by atoms with van der Waals surface area (Å²) >= 11 is 16.3. The molecule has 0 saturated carbocycles. The average molecular weight is 173 g/mol. The molecule has 0 aromatic carbocycles. The molecule has 0 nitrogen and oxygen atoms in total. The van der Waals surface area contributed by atoms with Crippen LogP contribution in [0, 0.1) is 0 Å². The summed E-state index contributed by atoms with van der Waals surface area (Å²) in [6.07, 6.45) is 2.46. The van der Waals surface area contributed by atoms with Gasteiger partial charge in [-0.1, -0.05) is 17.7 Å². The van der Waals surface area contributed by atoms with Crippen LogP contribution in [0.1, 0.15) is 6.42 Å². The van der Waals surface area contributed by atoms with Crippen molar-refractivity contribution in [3.8, 4) is 0 Å². The summed E-state index contributed by atoms with van der Waals surface area (Å²) in [6.45, 7) is 0. The molecule has 0 amide bonds. The average Bonchev–Trinajstić information content (AvgIpc) is 1.68. The summed E-state index contributed by atoms with van der Waals surface area (Å²) in [5.41, 5.74) is 0. The lowest BCUT2D eigenvalue weighted by atomic mass is 10.4. The number of hydrogen-bond acceptors (Lipinski definition) is 0. The molecule has 0 N–H and O–H groups in total. The normalized spacial score (nSPS) is 12.1. The van der Waals surface area contributed by atoms with Crippen molar-refractivity contribution in [3.63, 3.8) is 0 Å². The minimum Gasteiger partial charge on any atom is -0.126 e. The van der Waals surface area contributed by atoms with Gasteiger partial charge in [0, 0.05) is 16.8 Å². The van der Waals surface area contributed by atoms with Gasteiger partial charge in [0.25, 0.3) is 0 Å². The van der Waals surface area contributed by atoms with E-state index in [0.29, 0.717) is 11.8 Å². The second-order valence-electron chi connectivity index (χ2n) is 1.24. The lowest BCUT2D eigenvalue weighted by Gasteiger charge is -1.88. The van der Waals surface area contributed by atoms with Gasteiger partial charge in [-0.25, -0.2) is 0 Å². The third-order valence-corrected chi connectivity index (χ3v) is 1.32. The van der Waals surface area contributed by atoms with Gasteiger partial charge in [0.2, 0.25) is 0 Å². The van der Waals surface area contributed by atoms with E-state index in [-0.39, 0.29) is 0 Å². The summed E-state index contributed by atoms with van der Waals surface area (Å²) in [6, 6.07) is 0. The van der Waals surface area contributed by atoms with Crippen molar-refractivity contribution in [1.82, 2.24) is 0 Å². The van der Waals surface area contributed by atoms with Crippen LogP contribution in [0.3, 0.4) is 0 Å². The van der Waals surface area contributed by atoms with E-state index >= 15 is 0 Å². The summed E-state index contributed by atoms with van der Waals surface area (Å²) in [4.78, 5) is 0. The molecule has 0 aliphatic carbocycles. The standard InChI is InChI=1S/C5H7Cl3/c6-3-1-5(8)2-4-7/h1H,2-4H2/b5-1+. The van der Waals surface area contributed by atoms with E-state index in [1.165, 1.54) is 0 Å². The number of halogens is 3. The van der Waals surface area contributed by atoms with Gasteiger partial charge in [0.1, 0.15) is 0 Å². The minimum absolute atomic E-state index is 0.468. The Morgan fingerprint density at radius 2 is 2.00 bits per heavy atom. The van der Waals surface area contributed by atoms with E-state index < -0.39 is 0 Å². The van der Waals surface area contributed by atoms with Crippen molar-refractivity contribution in [2.45, 2.75) is 6.42 Å². The third-order valence-electron chi connectivity index (χ3n) is 0.632. The van der Waals surface area contributed by atoms with Crippen LogP contribution in [-0.4, -0.2) is 11.8 Å². The molecule has 0 aromatic rings. The first-order valence-corrected chi connectivity index (χ1v) is 3.72. The first-order chi connectivity index (χ1) is 3.81. The highest BCUT2D eigenvalue weighted by molar-refractivity contribution is 6.31. The number of allylic oxidation sites excluding steroid dienone is 2. The van der Waals surface area contributed by atoms with Crippen LogP contribution in [0.25, 0.3) is 0 Å². The van der Waals surface area contributed by atoms with Crippen LogP contribution in [0.4, 0.5) is 0 Å². The van der Waals surface area contributed by atoms with Gasteiger partial charge in [-0.15, -0.1) is 23.2 Å². The van der Waals surface area contributed by atoms with Crippen LogP contribution < -0.4 is 0 Å². The van der Waals surface area contributed by atoms with E-state index in [0.717, 1.165) is 11.5 Å². The molecule has 0 radical (unpaired) electrons. The summed E-state index contributed by atoms with van der Waals surface area (Å²) in [7, 11) is 0. The predicted molar refractivity (Wildman–Crippen MR) is 40.0 cm³/mol. The quantitative estimate of drug-likeness (QED) is 0.576. The molecule has 0 bridgehead atoms. The monoisotopic (exact) mass is 172 g/mol. The lowest BCUT2D eigenvalue weighted by molar-refractivity contribution is 1.20. The molecule has 0 rings (SSSR count). The van der Waals surface area contributed by atoms with E-state index in [4.69, 9.17) is 34.8 Å². The van der Waals surface area contributed by atoms with Gasteiger partial charge in [-0.05, 0) is 6.42 Å². The zero-order valence-corrected chi connectivity index (χ0v) is 6.60. The zero-order chi connectivity index (χ0) is 6.41. The molecule has 0 fully saturated rings. The van der Waals surface area contributed by atoms with Crippen molar-refractivity contribution in [2.24, 2.45) is 0 Å². The molecule has 8 heavy (non-hydrogen) atoms. The van der Waals surface area contributed by atoms with E-state index in [9.17, 15) is 0 Å². The molecule has 0 aromatic heterocycles. The van der Waals surface area contributed by atoms with Crippen molar-refractivity contribution in [2.75, 3.05) is 11.8 Å². The number of hydrogen-bond donors (Lipinski definition) is 0. The van der Waals surface area contributed by atoms with E-state index in [1.54, 1.807) is 6.08 Å². The fourth-order valence-electron chi connectivity index (χ4n) is 0.276. The zero-order valence-electron chi connectivity index (χ0n) is 4.33. The topological polar surface area (TPSA) is 0 Å². The highest BCUT2D eigenvalue weighted by Crippen LogP contribution is 2.07. The summed E-state index contributed by atoms with van der Waals surface area (Å²) < 4.78 is 0. The third kappa shape index (κ3) is 4.76. The number of alkyl halides is 2. The number of rotatable bonds is 3. The van der Waals surface area contributed by atoms with Gasteiger partial charge in [0.15, 0.2) is 0 Å². The predicted octanol–water partition coefficient (Wildman–Crippen LogP) is 2.98. The Hall–Kier alpha value is 0.610. The molecule has 0 aliphatic heterocycles. The van der Waals surface area contributed by atoms with Gasteiger partial charge < -0.3 is 0 Å². The Morgan fingerprint density at radius 3 is 2.38 bits per heavy atom. The maximum atomic E-state index is 5.57. The van der Waals surface area contributed by atoms with Gasteiger partial charge in [-0.2, -0.15) is 0 Å². The molecule has 0 aliphatic rings. The van der Waals surface area contributed by atoms with E-state index in [1.807, 2.05) is 0 Å². The molecule has 0 atom stereocenters. The molecule has 48 valence electrons. The van der Waals surface area contributed by atoms with Crippen molar-refractivity contribution in [1.29, 1.82) is 0 Å². The van der Waals surface area contributed by atoms with Crippen LogP contribution in [0.15, 0.2) is 11.1 Å². The lowest BCUT2D eigenvalue weighted by Crippen LogP contribution is -1.74. The molecule has 0 saturated heterocycles. The molecular formula is C5H7Cl3. The molecule has 0 unspecified atom stereocenters. The Kier molecular flexibility index (Phi) is 6.18. The van der Waals surface area contributed by atoms with Gasteiger partial charge in [0.05, 0.1) is 0 Å². The fraction of sp³-hybridized carbons (Fsp3) is 0.600.